The van der Waals surface area contributed by atoms with Gasteiger partial charge in [-0.3, -0.25) is 0 Å². The van der Waals surface area contributed by atoms with Crippen LogP contribution in [0.4, 0.5) is 5.82 Å². The smallest absolute Gasteiger partial charge is 0.156 e. The number of aromatic nitrogens is 5. The highest BCUT2D eigenvalue weighted by molar-refractivity contribution is 5.91. The normalized spacial score (nSPS) is 13.6. The van der Waals surface area contributed by atoms with Crippen molar-refractivity contribution in [1.82, 2.24) is 24.7 Å². The Kier molecular flexibility index (Phi) is 6.49. The van der Waals surface area contributed by atoms with Crippen LogP contribution in [0.5, 0.6) is 0 Å². The van der Waals surface area contributed by atoms with Gasteiger partial charge in [0.1, 0.15) is 18.5 Å². The summed E-state index contributed by atoms with van der Waals surface area (Å²) in [5.41, 5.74) is 6.92. The molecule has 174 valence electrons. The number of hydrogen-bond acceptors (Lipinski definition) is 5. The van der Waals surface area contributed by atoms with E-state index in [4.69, 9.17) is 15.7 Å². The maximum atomic E-state index is 6.00. The summed E-state index contributed by atoms with van der Waals surface area (Å²) >= 11 is 0. The van der Waals surface area contributed by atoms with Crippen LogP contribution in [0.2, 0.25) is 0 Å². The third kappa shape index (κ3) is 5.69. The Bertz CT molecular complexity index is 1170. The molecule has 0 radical (unpaired) electrons. The highest BCUT2D eigenvalue weighted by Gasteiger charge is 2.27. The second-order valence-electron chi connectivity index (χ2n) is 10.7. The van der Waals surface area contributed by atoms with Gasteiger partial charge < -0.3 is 5.73 Å². The minimum atomic E-state index is -0.456. The Morgan fingerprint density at radius 3 is 2.15 bits per heavy atom. The first-order chi connectivity index (χ1) is 15.3. The van der Waals surface area contributed by atoms with Crippen molar-refractivity contribution in [3.63, 3.8) is 0 Å². The van der Waals surface area contributed by atoms with E-state index in [1.165, 1.54) is 6.34 Å². The molecular formula is C25H34N8. The maximum Gasteiger partial charge on any atom is 0.156 e. The number of rotatable bonds is 5. The highest BCUT2D eigenvalue weighted by Crippen LogP contribution is 2.30. The predicted molar refractivity (Wildman–Crippen MR) is 133 cm³/mol. The SMILES string of the molecule is CC(C)(C)C(N)=NC=Nc1cccc(C(C)(C)c2cccc(-n3cnc(C(C)(C)C)n3)n2)n1. The Morgan fingerprint density at radius 1 is 0.909 bits per heavy atom. The first-order valence-electron chi connectivity index (χ1n) is 11.0. The standard InChI is InChI=1S/C25H34N8/c1-23(2,3)21(26)28-15-27-19-13-9-11-17(30-19)25(7,8)18-12-10-14-20(31-18)33-16-29-22(32-33)24(4,5)6/h9-16H,1-8H3,(H2,26,27,28,30). The van der Waals surface area contributed by atoms with Crippen molar-refractivity contribution in [2.45, 2.75) is 66.2 Å². The molecule has 8 nitrogen and oxygen atoms in total. The van der Waals surface area contributed by atoms with Gasteiger partial charge in [0.2, 0.25) is 0 Å². The average Bonchev–Trinajstić information content (AvgIpc) is 3.24. The third-order valence-electron chi connectivity index (χ3n) is 5.30. The average molecular weight is 447 g/mol. The predicted octanol–water partition coefficient (Wildman–Crippen LogP) is 4.74. The van der Waals surface area contributed by atoms with E-state index in [0.29, 0.717) is 17.5 Å². The van der Waals surface area contributed by atoms with Crippen molar-refractivity contribution in [3.05, 3.63) is 59.9 Å². The van der Waals surface area contributed by atoms with Crippen LogP contribution < -0.4 is 5.73 Å². The minimum Gasteiger partial charge on any atom is -0.387 e. The van der Waals surface area contributed by atoms with E-state index in [1.54, 1.807) is 11.0 Å². The van der Waals surface area contributed by atoms with Crippen molar-refractivity contribution in [3.8, 4) is 5.82 Å². The van der Waals surface area contributed by atoms with Crippen LogP contribution in [0.15, 0.2) is 52.7 Å². The molecule has 0 amide bonds. The first-order valence-corrected chi connectivity index (χ1v) is 11.0. The molecule has 0 spiro atoms. The van der Waals surface area contributed by atoms with E-state index < -0.39 is 5.41 Å². The molecule has 3 aromatic rings. The van der Waals surface area contributed by atoms with Gasteiger partial charge in [-0.15, -0.1) is 5.10 Å². The van der Waals surface area contributed by atoms with Gasteiger partial charge in [-0.2, -0.15) is 0 Å². The number of nitrogens with two attached hydrogens (primary N) is 1. The zero-order chi connectivity index (χ0) is 24.4. The van der Waals surface area contributed by atoms with Crippen molar-refractivity contribution in [1.29, 1.82) is 0 Å². The Morgan fingerprint density at radius 2 is 1.55 bits per heavy atom. The second kappa shape index (κ2) is 8.84. The molecule has 0 fully saturated rings. The Balaban J connectivity index is 1.90. The number of nitrogens with zero attached hydrogens (tertiary/aromatic N) is 7. The molecule has 0 atom stereocenters. The Labute approximate surface area is 196 Å². The zero-order valence-electron chi connectivity index (χ0n) is 20.8. The number of amidine groups is 1. The summed E-state index contributed by atoms with van der Waals surface area (Å²) in [6.45, 7) is 16.5. The first kappa shape index (κ1) is 24.2. The lowest BCUT2D eigenvalue weighted by molar-refractivity contribution is 0.542. The van der Waals surface area contributed by atoms with Crippen LogP contribution in [0.3, 0.4) is 0 Å². The van der Waals surface area contributed by atoms with Gasteiger partial charge in [-0.25, -0.2) is 29.6 Å². The van der Waals surface area contributed by atoms with E-state index in [2.05, 4.69) is 54.7 Å². The van der Waals surface area contributed by atoms with Crippen molar-refractivity contribution in [2.75, 3.05) is 0 Å². The zero-order valence-corrected chi connectivity index (χ0v) is 20.8. The molecule has 0 unspecified atom stereocenters. The number of hydrogen-bond donors (Lipinski definition) is 1. The quantitative estimate of drug-likeness (QED) is 0.450. The summed E-state index contributed by atoms with van der Waals surface area (Å²) in [7, 11) is 0. The van der Waals surface area contributed by atoms with Crippen LogP contribution in [0.1, 0.15) is 72.6 Å². The van der Waals surface area contributed by atoms with Gasteiger partial charge in [-0.1, -0.05) is 53.7 Å². The third-order valence-corrected chi connectivity index (χ3v) is 5.30. The van der Waals surface area contributed by atoms with Crippen molar-refractivity contribution >= 4 is 18.0 Å². The molecular weight excluding hydrogens is 412 g/mol. The largest absolute Gasteiger partial charge is 0.387 e. The maximum absolute atomic E-state index is 6.00. The molecule has 0 aromatic carbocycles. The van der Waals surface area contributed by atoms with E-state index in [-0.39, 0.29) is 10.8 Å². The minimum absolute atomic E-state index is 0.130. The van der Waals surface area contributed by atoms with Crippen LogP contribution in [-0.2, 0) is 10.8 Å². The molecule has 0 aliphatic carbocycles. The van der Waals surface area contributed by atoms with Gasteiger partial charge in [0, 0.05) is 16.2 Å². The lowest BCUT2D eigenvalue weighted by atomic mass is 9.84. The van der Waals surface area contributed by atoms with Gasteiger partial charge in [0.05, 0.1) is 11.4 Å². The highest BCUT2D eigenvalue weighted by atomic mass is 15.4. The van der Waals surface area contributed by atoms with Gasteiger partial charge >= 0.3 is 0 Å². The molecule has 8 heteroatoms. The summed E-state index contributed by atoms with van der Waals surface area (Å²) in [6, 6.07) is 11.7. The summed E-state index contributed by atoms with van der Waals surface area (Å²) in [5, 5.41) is 4.61. The molecule has 3 heterocycles. The topological polar surface area (TPSA) is 107 Å². The lowest BCUT2D eigenvalue weighted by Gasteiger charge is -2.24. The molecule has 3 rings (SSSR count). The fourth-order valence-corrected chi connectivity index (χ4v) is 2.93. The Hall–Kier alpha value is -3.42. The van der Waals surface area contributed by atoms with Crippen LogP contribution in [-0.4, -0.2) is 36.9 Å². The molecule has 0 bridgehead atoms. The van der Waals surface area contributed by atoms with E-state index in [9.17, 15) is 0 Å². The van der Waals surface area contributed by atoms with Crippen molar-refractivity contribution < 1.29 is 0 Å². The summed E-state index contributed by atoms with van der Waals surface area (Å²) in [5.74, 6) is 2.57. The second-order valence-corrected chi connectivity index (χ2v) is 10.7. The molecule has 33 heavy (non-hydrogen) atoms. The van der Waals surface area contributed by atoms with Crippen LogP contribution in [0, 0.1) is 5.41 Å². The van der Waals surface area contributed by atoms with Gasteiger partial charge in [0.15, 0.2) is 17.5 Å². The fraction of sp³-hybridized carbons (Fsp3) is 0.440. The fourth-order valence-electron chi connectivity index (χ4n) is 2.93. The summed E-state index contributed by atoms with van der Waals surface area (Å²) in [6.07, 6.45) is 3.16. The van der Waals surface area contributed by atoms with Crippen LogP contribution >= 0.6 is 0 Å². The van der Waals surface area contributed by atoms with Crippen LogP contribution in [0.25, 0.3) is 5.82 Å². The monoisotopic (exact) mass is 446 g/mol. The summed E-state index contributed by atoms with van der Waals surface area (Å²) in [4.78, 5) is 22.7. The molecule has 3 aromatic heterocycles. The van der Waals surface area contributed by atoms with Gasteiger partial charge in [-0.05, 0) is 38.1 Å². The van der Waals surface area contributed by atoms with E-state index in [1.807, 2.05) is 57.2 Å². The number of aliphatic imine (C=N–C) groups is 2. The summed E-state index contributed by atoms with van der Waals surface area (Å²) < 4.78 is 1.71. The van der Waals surface area contributed by atoms with Gasteiger partial charge in [0.25, 0.3) is 0 Å². The number of pyridine rings is 2. The molecule has 0 saturated carbocycles. The lowest BCUT2D eigenvalue weighted by Crippen LogP contribution is -2.28. The molecule has 0 saturated heterocycles. The van der Waals surface area contributed by atoms with E-state index in [0.717, 1.165) is 17.2 Å². The molecule has 2 N–H and O–H groups in total. The van der Waals surface area contributed by atoms with E-state index >= 15 is 0 Å². The molecule has 0 aliphatic rings. The van der Waals surface area contributed by atoms with Crippen molar-refractivity contribution in [2.24, 2.45) is 21.1 Å². The molecule has 0 aliphatic heterocycles.